The molecule has 2 aliphatic rings. The molecule has 1 saturated carbocycles. The van der Waals surface area contributed by atoms with E-state index in [0.717, 1.165) is 13.0 Å². The summed E-state index contributed by atoms with van der Waals surface area (Å²) in [6, 6.07) is 0.678. The van der Waals surface area contributed by atoms with Gasteiger partial charge in [-0.25, -0.2) is 0 Å². The van der Waals surface area contributed by atoms with E-state index in [-0.39, 0.29) is 5.60 Å². The molecular formula is C15H29NO. The number of hydrogen-bond donors (Lipinski definition) is 1. The van der Waals surface area contributed by atoms with Gasteiger partial charge in [-0.3, -0.25) is 0 Å². The maximum absolute atomic E-state index is 5.90. The molecule has 2 nitrogen and oxygen atoms in total. The second-order valence-electron chi connectivity index (χ2n) is 6.43. The molecule has 100 valence electrons. The van der Waals surface area contributed by atoms with E-state index in [1.54, 1.807) is 0 Å². The molecule has 1 heterocycles. The highest BCUT2D eigenvalue weighted by atomic mass is 16.5. The molecule has 0 bridgehead atoms. The fraction of sp³-hybridized carbons (Fsp3) is 1.00. The highest BCUT2D eigenvalue weighted by Crippen LogP contribution is 2.43. The first-order valence-corrected chi connectivity index (χ1v) is 7.49. The fourth-order valence-electron chi connectivity index (χ4n) is 3.24. The van der Waals surface area contributed by atoms with Crippen molar-refractivity contribution in [1.29, 1.82) is 0 Å². The topological polar surface area (TPSA) is 21.3 Å². The molecule has 2 unspecified atom stereocenters. The molecule has 2 rings (SSSR count). The summed E-state index contributed by atoms with van der Waals surface area (Å²) in [5.41, 5.74) is 0.760. The lowest BCUT2D eigenvalue weighted by Crippen LogP contribution is -2.49. The van der Waals surface area contributed by atoms with Crippen LogP contribution in [0.5, 0.6) is 0 Å². The number of nitrogens with one attached hydrogen (secondary N) is 1. The van der Waals surface area contributed by atoms with Crippen LogP contribution in [0.25, 0.3) is 0 Å². The van der Waals surface area contributed by atoms with Gasteiger partial charge in [-0.05, 0) is 50.9 Å². The van der Waals surface area contributed by atoms with Crippen molar-refractivity contribution in [1.82, 2.24) is 5.32 Å². The Bertz CT molecular complexity index is 244. The highest BCUT2D eigenvalue weighted by molar-refractivity contribution is 4.91. The second kappa shape index (κ2) is 5.27. The lowest BCUT2D eigenvalue weighted by atomic mass is 9.67. The molecule has 2 atom stereocenters. The SMILES string of the molecule is CCC1(CNC2CCOC(C)(CC)C2)CCC1. The van der Waals surface area contributed by atoms with Crippen LogP contribution in [-0.2, 0) is 4.74 Å². The van der Waals surface area contributed by atoms with Crippen molar-refractivity contribution in [3.8, 4) is 0 Å². The van der Waals surface area contributed by atoms with Gasteiger partial charge in [0.05, 0.1) is 5.60 Å². The smallest absolute Gasteiger partial charge is 0.0666 e. The zero-order valence-electron chi connectivity index (χ0n) is 11.8. The van der Waals surface area contributed by atoms with Crippen molar-refractivity contribution in [2.45, 2.75) is 77.4 Å². The normalized spacial score (nSPS) is 36.5. The quantitative estimate of drug-likeness (QED) is 0.793. The van der Waals surface area contributed by atoms with Crippen LogP contribution >= 0.6 is 0 Å². The van der Waals surface area contributed by atoms with Crippen LogP contribution in [0, 0.1) is 5.41 Å². The number of rotatable bonds is 5. The van der Waals surface area contributed by atoms with Crippen molar-refractivity contribution in [2.24, 2.45) is 5.41 Å². The molecule has 0 spiro atoms. The first kappa shape index (κ1) is 13.4. The summed E-state index contributed by atoms with van der Waals surface area (Å²) in [7, 11) is 0. The van der Waals surface area contributed by atoms with Crippen LogP contribution in [0.3, 0.4) is 0 Å². The van der Waals surface area contributed by atoms with Crippen LogP contribution in [0.2, 0.25) is 0 Å². The minimum Gasteiger partial charge on any atom is -0.375 e. The summed E-state index contributed by atoms with van der Waals surface area (Å²) in [4.78, 5) is 0. The molecule has 2 heteroatoms. The first-order chi connectivity index (χ1) is 8.11. The Kier molecular flexibility index (Phi) is 4.14. The molecule has 0 radical (unpaired) electrons. The van der Waals surface area contributed by atoms with Crippen LogP contribution in [0.15, 0.2) is 0 Å². The van der Waals surface area contributed by atoms with Crippen molar-refractivity contribution in [3.05, 3.63) is 0 Å². The van der Waals surface area contributed by atoms with E-state index in [4.69, 9.17) is 4.74 Å². The van der Waals surface area contributed by atoms with E-state index in [1.807, 2.05) is 0 Å². The largest absolute Gasteiger partial charge is 0.375 e. The van der Waals surface area contributed by atoms with Crippen molar-refractivity contribution in [2.75, 3.05) is 13.2 Å². The van der Waals surface area contributed by atoms with E-state index in [1.165, 1.54) is 45.1 Å². The minimum absolute atomic E-state index is 0.120. The summed E-state index contributed by atoms with van der Waals surface area (Å²) in [5.74, 6) is 0. The number of hydrogen-bond acceptors (Lipinski definition) is 2. The Labute approximate surface area is 107 Å². The zero-order valence-corrected chi connectivity index (χ0v) is 11.8. The highest BCUT2D eigenvalue weighted by Gasteiger charge is 2.37. The summed E-state index contributed by atoms with van der Waals surface area (Å²) < 4.78 is 5.90. The van der Waals surface area contributed by atoms with Gasteiger partial charge in [-0.2, -0.15) is 0 Å². The van der Waals surface area contributed by atoms with Gasteiger partial charge in [0.15, 0.2) is 0 Å². The van der Waals surface area contributed by atoms with Gasteiger partial charge in [-0.1, -0.05) is 20.3 Å². The first-order valence-electron chi connectivity index (χ1n) is 7.49. The molecular weight excluding hydrogens is 210 g/mol. The molecule has 1 N–H and O–H groups in total. The molecule has 2 fully saturated rings. The minimum atomic E-state index is 0.120. The maximum atomic E-state index is 5.90. The Balaban J connectivity index is 1.79. The zero-order chi connectivity index (χ0) is 12.4. The maximum Gasteiger partial charge on any atom is 0.0666 e. The summed E-state index contributed by atoms with van der Waals surface area (Å²) in [6.45, 7) is 9.01. The van der Waals surface area contributed by atoms with Crippen molar-refractivity contribution < 1.29 is 4.74 Å². The van der Waals surface area contributed by atoms with Gasteiger partial charge in [0.25, 0.3) is 0 Å². The lowest BCUT2D eigenvalue weighted by molar-refractivity contribution is -0.0797. The lowest BCUT2D eigenvalue weighted by Gasteiger charge is -2.44. The Hall–Kier alpha value is -0.0800. The fourth-order valence-corrected chi connectivity index (χ4v) is 3.24. The van der Waals surface area contributed by atoms with E-state index in [0.29, 0.717) is 11.5 Å². The standard InChI is InChI=1S/C15H29NO/c1-4-14(3)11-13(7-10-17-14)16-12-15(5-2)8-6-9-15/h13,16H,4-12H2,1-3H3. The van der Waals surface area contributed by atoms with Crippen LogP contribution in [0.1, 0.15) is 65.7 Å². The average molecular weight is 239 g/mol. The van der Waals surface area contributed by atoms with Crippen LogP contribution in [0.4, 0.5) is 0 Å². The molecule has 0 aromatic rings. The van der Waals surface area contributed by atoms with Gasteiger partial charge in [-0.15, -0.1) is 0 Å². The third-order valence-corrected chi connectivity index (χ3v) is 5.27. The Morgan fingerprint density at radius 2 is 2.00 bits per heavy atom. The van der Waals surface area contributed by atoms with Crippen LogP contribution < -0.4 is 5.32 Å². The molecule has 0 aromatic carbocycles. The average Bonchev–Trinajstić information content (AvgIpc) is 2.29. The predicted octanol–water partition coefficient (Wildman–Crippen LogP) is 3.50. The van der Waals surface area contributed by atoms with Gasteiger partial charge < -0.3 is 10.1 Å². The van der Waals surface area contributed by atoms with Gasteiger partial charge >= 0.3 is 0 Å². The van der Waals surface area contributed by atoms with E-state index >= 15 is 0 Å². The summed E-state index contributed by atoms with van der Waals surface area (Å²) in [6.07, 6.45) is 9.16. The van der Waals surface area contributed by atoms with Gasteiger partial charge in [0.2, 0.25) is 0 Å². The monoisotopic (exact) mass is 239 g/mol. The third kappa shape index (κ3) is 3.03. The number of ether oxygens (including phenoxy) is 1. The Morgan fingerprint density at radius 3 is 2.53 bits per heavy atom. The summed E-state index contributed by atoms with van der Waals surface area (Å²) >= 11 is 0. The molecule has 0 amide bonds. The Morgan fingerprint density at radius 1 is 1.24 bits per heavy atom. The van der Waals surface area contributed by atoms with Gasteiger partial charge in [0.1, 0.15) is 0 Å². The van der Waals surface area contributed by atoms with E-state index < -0.39 is 0 Å². The molecule has 17 heavy (non-hydrogen) atoms. The molecule has 1 saturated heterocycles. The van der Waals surface area contributed by atoms with Crippen molar-refractivity contribution >= 4 is 0 Å². The molecule has 0 aromatic heterocycles. The molecule has 1 aliphatic heterocycles. The van der Waals surface area contributed by atoms with E-state index in [9.17, 15) is 0 Å². The summed E-state index contributed by atoms with van der Waals surface area (Å²) in [5, 5.41) is 3.82. The van der Waals surface area contributed by atoms with Crippen LogP contribution in [-0.4, -0.2) is 24.8 Å². The van der Waals surface area contributed by atoms with E-state index in [2.05, 4.69) is 26.1 Å². The van der Waals surface area contributed by atoms with Gasteiger partial charge in [0, 0.05) is 19.2 Å². The molecule has 1 aliphatic carbocycles. The second-order valence-corrected chi connectivity index (χ2v) is 6.43. The van der Waals surface area contributed by atoms with Crippen molar-refractivity contribution in [3.63, 3.8) is 0 Å². The third-order valence-electron chi connectivity index (χ3n) is 5.27. The predicted molar refractivity (Wildman–Crippen MR) is 72.2 cm³/mol.